The third-order valence-corrected chi connectivity index (χ3v) is 6.93. The lowest BCUT2D eigenvalue weighted by Gasteiger charge is -2.14. The van der Waals surface area contributed by atoms with E-state index in [0.717, 1.165) is 32.2 Å². The summed E-state index contributed by atoms with van der Waals surface area (Å²) in [7, 11) is 1.60. The van der Waals surface area contributed by atoms with E-state index in [1.165, 1.54) is 11.8 Å². The van der Waals surface area contributed by atoms with Gasteiger partial charge in [-0.15, -0.1) is 0 Å². The largest absolute Gasteiger partial charge is 0.508 e. The maximum Gasteiger partial charge on any atom is 0.319 e. The lowest BCUT2D eigenvalue weighted by molar-refractivity contribution is 0.0951. The number of methoxy groups -OCH3 is 1. The summed E-state index contributed by atoms with van der Waals surface area (Å²) in [4.78, 5) is 27.4. The van der Waals surface area contributed by atoms with Crippen LogP contribution >= 0.6 is 11.8 Å². The Balaban J connectivity index is 1.48. The molecule has 4 aromatic rings. The molecule has 3 amide bonds. The van der Waals surface area contributed by atoms with Gasteiger partial charge in [-0.2, -0.15) is 0 Å². The molecule has 0 atom stereocenters. The van der Waals surface area contributed by atoms with E-state index in [0.29, 0.717) is 30.9 Å². The molecule has 0 spiro atoms. The van der Waals surface area contributed by atoms with Gasteiger partial charge in [0.15, 0.2) is 0 Å². The van der Waals surface area contributed by atoms with Crippen molar-refractivity contribution in [2.45, 2.75) is 29.4 Å². The molecule has 0 aliphatic heterocycles. The van der Waals surface area contributed by atoms with E-state index >= 15 is 0 Å². The number of phenols is 1. The number of hydrogen-bond acceptors (Lipinski definition) is 6. The number of urea groups is 1. The van der Waals surface area contributed by atoms with Crippen LogP contribution in [-0.2, 0) is 19.6 Å². The Hall–Kier alpha value is -4.47. The fourth-order valence-electron chi connectivity index (χ4n) is 3.74. The first-order chi connectivity index (χ1) is 18.9. The summed E-state index contributed by atoms with van der Waals surface area (Å²) in [6, 6.07) is 26.6. The van der Waals surface area contributed by atoms with Gasteiger partial charge in [-0.1, -0.05) is 48.2 Å². The first kappa shape index (κ1) is 27.6. The van der Waals surface area contributed by atoms with E-state index in [1.807, 2.05) is 48.5 Å². The highest BCUT2D eigenvalue weighted by Gasteiger charge is 2.14. The number of benzene rings is 4. The Morgan fingerprint density at radius 1 is 0.846 bits per heavy atom. The van der Waals surface area contributed by atoms with Gasteiger partial charge in [-0.05, 0) is 71.3 Å². The molecular formula is C30H30N4O4S. The van der Waals surface area contributed by atoms with Crippen LogP contribution in [0.4, 0.5) is 10.5 Å². The topological polar surface area (TPSA) is 126 Å². The average Bonchev–Trinajstić information content (AvgIpc) is 2.97. The van der Waals surface area contributed by atoms with Gasteiger partial charge in [0.1, 0.15) is 11.5 Å². The minimum absolute atomic E-state index is 0.166. The van der Waals surface area contributed by atoms with Crippen LogP contribution in [0.25, 0.3) is 0 Å². The van der Waals surface area contributed by atoms with E-state index in [2.05, 4.69) is 16.0 Å². The average molecular weight is 543 g/mol. The van der Waals surface area contributed by atoms with Crippen LogP contribution in [0, 0.1) is 0 Å². The van der Waals surface area contributed by atoms with Crippen LogP contribution in [0.3, 0.4) is 0 Å². The van der Waals surface area contributed by atoms with E-state index in [9.17, 15) is 14.7 Å². The number of nitrogens with one attached hydrogen (secondary N) is 3. The molecule has 4 rings (SSSR count). The van der Waals surface area contributed by atoms with E-state index < -0.39 is 6.03 Å². The lowest BCUT2D eigenvalue weighted by atomic mass is 10.1. The van der Waals surface area contributed by atoms with Crippen LogP contribution in [-0.4, -0.2) is 24.2 Å². The second-order valence-electron chi connectivity index (χ2n) is 8.67. The molecule has 39 heavy (non-hydrogen) atoms. The molecule has 0 bridgehead atoms. The predicted octanol–water partition coefficient (Wildman–Crippen LogP) is 5.26. The highest BCUT2D eigenvalue weighted by Crippen LogP contribution is 2.35. The zero-order valence-corrected chi connectivity index (χ0v) is 22.3. The third kappa shape index (κ3) is 8.00. The predicted molar refractivity (Wildman–Crippen MR) is 153 cm³/mol. The van der Waals surface area contributed by atoms with Crippen molar-refractivity contribution in [2.75, 3.05) is 12.4 Å². The number of amides is 3. The molecule has 0 aliphatic carbocycles. The van der Waals surface area contributed by atoms with E-state index in [-0.39, 0.29) is 11.7 Å². The Kier molecular flexibility index (Phi) is 9.44. The van der Waals surface area contributed by atoms with E-state index in [4.69, 9.17) is 10.5 Å². The highest BCUT2D eigenvalue weighted by atomic mass is 32.2. The molecule has 0 radical (unpaired) electrons. The monoisotopic (exact) mass is 542 g/mol. The summed E-state index contributed by atoms with van der Waals surface area (Å²) < 4.78 is 5.17. The number of ether oxygens (including phenoxy) is 1. The van der Waals surface area contributed by atoms with Crippen molar-refractivity contribution in [3.63, 3.8) is 0 Å². The second-order valence-corrected chi connectivity index (χ2v) is 9.78. The molecular weight excluding hydrogens is 512 g/mol. The number of aromatic hydroxyl groups is 1. The summed E-state index contributed by atoms with van der Waals surface area (Å²) in [5.41, 5.74) is 9.46. The maximum atomic E-state index is 13.0. The Bertz CT molecular complexity index is 1430. The van der Waals surface area contributed by atoms with Gasteiger partial charge >= 0.3 is 6.03 Å². The van der Waals surface area contributed by atoms with E-state index in [1.54, 1.807) is 49.6 Å². The van der Waals surface area contributed by atoms with Gasteiger partial charge in [0.05, 0.1) is 12.8 Å². The fourth-order valence-corrected chi connectivity index (χ4v) is 4.62. The van der Waals surface area contributed by atoms with Gasteiger partial charge in [0.25, 0.3) is 5.91 Å². The van der Waals surface area contributed by atoms with Crippen molar-refractivity contribution in [2.24, 2.45) is 5.73 Å². The summed E-state index contributed by atoms with van der Waals surface area (Å²) >= 11 is 1.41. The van der Waals surface area contributed by atoms with Gasteiger partial charge in [-0.3, -0.25) is 4.79 Å². The minimum atomic E-state index is -0.408. The molecule has 0 heterocycles. The standard InChI is InChI=1S/C30H30N4O4S/c1-38-25-10-5-20(6-11-25)18-33-30(37)34-27-16-23(7-14-28(27)39-26-12-8-24(35)9-13-26)29(36)32-19-22-4-2-3-21(15-22)17-31/h2-16,35H,17-19,31H2,1H3,(H,32,36)(H2,33,34,37). The van der Waals surface area contributed by atoms with Crippen LogP contribution < -0.4 is 26.4 Å². The second kappa shape index (κ2) is 13.4. The van der Waals surface area contributed by atoms with Crippen LogP contribution in [0.15, 0.2) is 101 Å². The zero-order chi connectivity index (χ0) is 27.6. The summed E-state index contributed by atoms with van der Waals surface area (Å²) in [6.45, 7) is 1.09. The first-order valence-electron chi connectivity index (χ1n) is 12.3. The number of hydrogen-bond donors (Lipinski definition) is 5. The summed E-state index contributed by atoms with van der Waals surface area (Å²) in [5.74, 6) is 0.636. The van der Waals surface area contributed by atoms with Crippen molar-refractivity contribution >= 4 is 29.4 Å². The Morgan fingerprint density at radius 3 is 2.28 bits per heavy atom. The van der Waals surface area contributed by atoms with Crippen molar-refractivity contribution in [3.05, 3.63) is 113 Å². The number of carbonyl (C=O) groups excluding carboxylic acids is 2. The molecule has 0 unspecified atom stereocenters. The minimum Gasteiger partial charge on any atom is -0.508 e. The molecule has 9 heteroatoms. The molecule has 6 N–H and O–H groups in total. The van der Waals surface area contributed by atoms with Crippen LogP contribution in [0.5, 0.6) is 11.5 Å². The van der Waals surface area contributed by atoms with Gasteiger partial charge in [0, 0.05) is 35.0 Å². The normalized spacial score (nSPS) is 10.5. The molecule has 0 fully saturated rings. The number of carbonyl (C=O) groups is 2. The van der Waals surface area contributed by atoms with Crippen molar-refractivity contribution in [1.82, 2.24) is 10.6 Å². The Morgan fingerprint density at radius 2 is 1.56 bits per heavy atom. The summed E-state index contributed by atoms with van der Waals surface area (Å²) in [6.07, 6.45) is 0. The quantitative estimate of drug-likeness (QED) is 0.186. The molecule has 200 valence electrons. The number of anilines is 1. The maximum absolute atomic E-state index is 13.0. The molecule has 4 aromatic carbocycles. The smallest absolute Gasteiger partial charge is 0.319 e. The van der Waals surface area contributed by atoms with Gasteiger partial charge < -0.3 is 31.5 Å². The number of nitrogens with two attached hydrogens (primary N) is 1. The molecule has 8 nitrogen and oxygen atoms in total. The van der Waals surface area contributed by atoms with Crippen LogP contribution in [0.1, 0.15) is 27.0 Å². The zero-order valence-electron chi connectivity index (χ0n) is 21.4. The van der Waals surface area contributed by atoms with Crippen molar-refractivity contribution in [1.29, 1.82) is 0 Å². The first-order valence-corrected chi connectivity index (χ1v) is 13.1. The van der Waals surface area contributed by atoms with Gasteiger partial charge in [0.2, 0.25) is 0 Å². The molecule has 0 aromatic heterocycles. The van der Waals surface area contributed by atoms with Gasteiger partial charge in [-0.25, -0.2) is 4.79 Å². The van der Waals surface area contributed by atoms with Crippen molar-refractivity contribution in [3.8, 4) is 11.5 Å². The number of rotatable bonds is 10. The van der Waals surface area contributed by atoms with Crippen molar-refractivity contribution < 1.29 is 19.4 Å². The third-order valence-electron chi connectivity index (χ3n) is 5.85. The molecule has 0 aliphatic rings. The van der Waals surface area contributed by atoms with Crippen LogP contribution in [0.2, 0.25) is 0 Å². The fraction of sp³-hybridized carbons (Fsp3) is 0.133. The Labute approximate surface area is 231 Å². The SMILES string of the molecule is COc1ccc(CNC(=O)Nc2cc(C(=O)NCc3cccc(CN)c3)ccc2Sc2ccc(O)cc2)cc1. The number of phenolic OH excluding ortho intramolecular Hbond substituents is 1. The molecule has 0 saturated carbocycles. The molecule has 0 saturated heterocycles. The summed E-state index contributed by atoms with van der Waals surface area (Å²) in [5, 5.41) is 18.3. The lowest BCUT2D eigenvalue weighted by Crippen LogP contribution is -2.28. The highest BCUT2D eigenvalue weighted by molar-refractivity contribution is 7.99.